The summed E-state index contributed by atoms with van der Waals surface area (Å²) in [6.45, 7) is 0. The van der Waals surface area contributed by atoms with Gasteiger partial charge in [0.05, 0.1) is 0 Å². The van der Waals surface area contributed by atoms with E-state index in [0.29, 0.717) is 0 Å². The quantitative estimate of drug-likeness (QED) is 0.753. The van der Waals surface area contributed by atoms with Gasteiger partial charge in [0.15, 0.2) is 5.78 Å². The average molecular weight is 241 g/mol. The molecule has 0 bridgehead atoms. The Hall–Kier alpha value is -1.93. The third-order valence-corrected chi connectivity index (χ3v) is 2.07. The fourth-order valence-corrected chi connectivity index (χ4v) is 1.35. The van der Waals surface area contributed by atoms with E-state index < -0.39 is 0 Å². The summed E-state index contributed by atoms with van der Waals surface area (Å²) >= 11 is 0. The van der Waals surface area contributed by atoms with Crippen molar-refractivity contribution < 1.29 is 4.79 Å². The van der Waals surface area contributed by atoms with Crippen LogP contribution < -0.4 is 0 Å². The zero-order valence-corrected chi connectivity index (χ0v) is 11.1. The van der Waals surface area contributed by atoms with Crippen molar-refractivity contribution in [1.82, 2.24) is 4.90 Å². The van der Waals surface area contributed by atoms with Gasteiger partial charge in [0, 0.05) is 11.1 Å². The molecule has 0 unspecified atom stereocenters. The Balaban J connectivity index is 0.000000357. The van der Waals surface area contributed by atoms with Gasteiger partial charge in [-0.1, -0.05) is 60.7 Å². The third-order valence-electron chi connectivity index (χ3n) is 2.07. The summed E-state index contributed by atoms with van der Waals surface area (Å²) in [5.41, 5.74) is 1.47. The van der Waals surface area contributed by atoms with E-state index in [1.54, 1.807) is 0 Å². The van der Waals surface area contributed by atoms with Gasteiger partial charge in [-0.2, -0.15) is 0 Å². The molecule has 2 aromatic rings. The fraction of sp³-hybridized carbons (Fsp3) is 0.188. The Bertz CT molecular complexity index is 419. The van der Waals surface area contributed by atoms with Gasteiger partial charge in [-0.25, -0.2) is 0 Å². The minimum atomic E-state index is 0.0752. The van der Waals surface area contributed by atoms with Crippen LogP contribution in [0.15, 0.2) is 60.7 Å². The maximum Gasteiger partial charge on any atom is 0.193 e. The van der Waals surface area contributed by atoms with Gasteiger partial charge in [-0.05, 0) is 21.1 Å². The van der Waals surface area contributed by atoms with Crippen LogP contribution in [0.1, 0.15) is 15.9 Å². The van der Waals surface area contributed by atoms with Crippen molar-refractivity contribution in [3.8, 4) is 0 Å². The molecule has 0 N–H and O–H groups in total. The normalized spacial score (nSPS) is 9.56. The number of nitrogens with zero attached hydrogens (tertiary/aromatic N) is 1. The lowest BCUT2D eigenvalue weighted by molar-refractivity contribution is 0.103. The zero-order chi connectivity index (χ0) is 13.4. The zero-order valence-electron chi connectivity index (χ0n) is 11.1. The van der Waals surface area contributed by atoms with Crippen molar-refractivity contribution in [3.05, 3.63) is 71.8 Å². The van der Waals surface area contributed by atoms with Crippen LogP contribution in [-0.4, -0.2) is 31.8 Å². The van der Waals surface area contributed by atoms with Gasteiger partial charge in [0.25, 0.3) is 0 Å². The summed E-state index contributed by atoms with van der Waals surface area (Å²) in [5.74, 6) is 0.0752. The van der Waals surface area contributed by atoms with Crippen LogP contribution in [0, 0.1) is 0 Å². The molecule has 0 aliphatic carbocycles. The van der Waals surface area contributed by atoms with Crippen molar-refractivity contribution in [1.29, 1.82) is 0 Å². The minimum absolute atomic E-state index is 0.0752. The summed E-state index contributed by atoms with van der Waals surface area (Å²) in [5, 5.41) is 0. The van der Waals surface area contributed by atoms with Crippen LogP contribution in [0.2, 0.25) is 0 Å². The Morgan fingerprint density at radius 1 is 0.722 bits per heavy atom. The predicted molar refractivity (Wildman–Crippen MR) is 75.9 cm³/mol. The van der Waals surface area contributed by atoms with E-state index in [-0.39, 0.29) is 5.78 Å². The van der Waals surface area contributed by atoms with E-state index in [2.05, 4.69) is 0 Å². The van der Waals surface area contributed by atoms with Gasteiger partial charge in [0.2, 0.25) is 0 Å². The van der Waals surface area contributed by atoms with Gasteiger partial charge in [0.1, 0.15) is 0 Å². The molecule has 0 saturated carbocycles. The highest BCUT2D eigenvalue weighted by atomic mass is 16.1. The minimum Gasteiger partial charge on any atom is -0.312 e. The maximum atomic E-state index is 11.8. The maximum absolute atomic E-state index is 11.8. The Morgan fingerprint density at radius 2 is 1.00 bits per heavy atom. The summed E-state index contributed by atoms with van der Waals surface area (Å²) in [7, 11) is 6.00. The van der Waals surface area contributed by atoms with Crippen molar-refractivity contribution in [2.24, 2.45) is 0 Å². The summed E-state index contributed by atoms with van der Waals surface area (Å²) in [6.07, 6.45) is 0. The third kappa shape index (κ3) is 4.93. The summed E-state index contributed by atoms with van der Waals surface area (Å²) in [6, 6.07) is 18.6. The molecule has 0 amide bonds. The second-order valence-corrected chi connectivity index (χ2v) is 4.40. The van der Waals surface area contributed by atoms with Crippen LogP contribution in [0.25, 0.3) is 0 Å². The second kappa shape index (κ2) is 7.41. The lowest BCUT2D eigenvalue weighted by Crippen LogP contribution is -1.99. The molecule has 0 atom stereocenters. The van der Waals surface area contributed by atoms with Crippen LogP contribution in [-0.2, 0) is 0 Å². The summed E-state index contributed by atoms with van der Waals surface area (Å²) in [4.78, 5) is 13.8. The first kappa shape index (κ1) is 14.1. The van der Waals surface area contributed by atoms with E-state index in [1.807, 2.05) is 86.7 Å². The van der Waals surface area contributed by atoms with Gasteiger partial charge >= 0.3 is 0 Å². The Morgan fingerprint density at radius 3 is 1.28 bits per heavy atom. The number of ketones is 1. The van der Waals surface area contributed by atoms with Crippen molar-refractivity contribution >= 4 is 5.78 Å². The topological polar surface area (TPSA) is 20.3 Å². The molecule has 0 saturated heterocycles. The monoisotopic (exact) mass is 241 g/mol. The van der Waals surface area contributed by atoms with Gasteiger partial charge in [-0.15, -0.1) is 0 Å². The number of hydrogen-bond donors (Lipinski definition) is 0. The highest BCUT2D eigenvalue weighted by Crippen LogP contribution is 2.08. The van der Waals surface area contributed by atoms with Crippen molar-refractivity contribution in [2.75, 3.05) is 21.1 Å². The molecule has 2 aromatic carbocycles. The van der Waals surface area contributed by atoms with Crippen LogP contribution in [0.3, 0.4) is 0 Å². The number of rotatable bonds is 2. The Labute approximate surface area is 109 Å². The van der Waals surface area contributed by atoms with Crippen molar-refractivity contribution in [2.45, 2.75) is 0 Å². The molecule has 0 fully saturated rings. The van der Waals surface area contributed by atoms with Crippen LogP contribution >= 0.6 is 0 Å². The molecule has 0 heterocycles. The molecular formula is C16H19NO. The molecule has 0 aromatic heterocycles. The second-order valence-electron chi connectivity index (χ2n) is 4.40. The molecule has 94 valence electrons. The van der Waals surface area contributed by atoms with E-state index >= 15 is 0 Å². The molecule has 0 radical (unpaired) electrons. The van der Waals surface area contributed by atoms with E-state index in [9.17, 15) is 4.79 Å². The molecule has 0 spiro atoms. The highest BCUT2D eigenvalue weighted by Gasteiger charge is 2.06. The van der Waals surface area contributed by atoms with Gasteiger partial charge in [-0.3, -0.25) is 4.79 Å². The number of carbonyl (C=O) groups is 1. The first-order chi connectivity index (χ1) is 8.61. The first-order valence-electron chi connectivity index (χ1n) is 5.87. The largest absolute Gasteiger partial charge is 0.312 e. The number of benzene rings is 2. The first-order valence-corrected chi connectivity index (χ1v) is 5.87. The lowest BCUT2D eigenvalue weighted by atomic mass is 10.0. The standard InChI is InChI=1S/C13H10O.C3H9N/c14-13(11-7-3-1-4-8-11)12-9-5-2-6-10-12;1-4(2)3/h1-10H;1-3H3. The summed E-state index contributed by atoms with van der Waals surface area (Å²) < 4.78 is 0. The van der Waals surface area contributed by atoms with E-state index in [1.165, 1.54) is 0 Å². The van der Waals surface area contributed by atoms with Crippen LogP contribution in [0.4, 0.5) is 0 Å². The molecular weight excluding hydrogens is 222 g/mol. The highest BCUT2D eigenvalue weighted by molar-refractivity contribution is 6.08. The predicted octanol–water partition coefficient (Wildman–Crippen LogP) is 3.10. The average Bonchev–Trinajstić information content (AvgIpc) is 2.39. The van der Waals surface area contributed by atoms with E-state index in [0.717, 1.165) is 11.1 Å². The molecule has 18 heavy (non-hydrogen) atoms. The SMILES string of the molecule is CN(C)C.O=C(c1ccccc1)c1ccccc1. The lowest BCUT2D eigenvalue weighted by Gasteiger charge is -1.99. The molecule has 2 heteroatoms. The molecule has 2 rings (SSSR count). The number of carbonyl (C=O) groups excluding carboxylic acids is 1. The van der Waals surface area contributed by atoms with E-state index in [4.69, 9.17) is 0 Å². The number of hydrogen-bond acceptors (Lipinski definition) is 2. The van der Waals surface area contributed by atoms with Crippen LogP contribution in [0.5, 0.6) is 0 Å². The van der Waals surface area contributed by atoms with Crippen molar-refractivity contribution in [3.63, 3.8) is 0 Å². The molecule has 2 nitrogen and oxygen atoms in total. The smallest absolute Gasteiger partial charge is 0.193 e. The molecule has 0 aliphatic heterocycles. The van der Waals surface area contributed by atoms with Gasteiger partial charge < -0.3 is 4.90 Å². The molecule has 0 aliphatic rings. The fourth-order valence-electron chi connectivity index (χ4n) is 1.35. The Kier molecular flexibility index (Phi) is 5.81.